The first-order valence-electron chi connectivity index (χ1n) is 6.07. The van der Waals surface area contributed by atoms with Crippen molar-refractivity contribution in [2.75, 3.05) is 7.05 Å². The zero-order chi connectivity index (χ0) is 14.7. The van der Waals surface area contributed by atoms with Gasteiger partial charge in [-0.3, -0.25) is 0 Å². The van der Waals surface area contributed by atoms with Crippen molar-refractivity contribution in [1.82, 2.24) is 5.32 Å². The molecule has 0 heterocycles. The molecule has 0 fully saturated rings. The Bertz CT molecular complexity index is 619. The van der Waals surface area contributed by atoms with E-state index < -0.39 is 5.82 Å². The third kappa shape index (κ3) is 3.73. The maximum Gasteiger partial charge on any atom is 0.142 e. The van der Waals surface area contributed by atoms with Crippen molar-refractivity contribution in [2.24, 2.45) is 0 Å². The summed E-state index contributed by atoms with van der Waals surface area (Å²) in [7, 11) is 1.84. The molecular formula is C15H13BrCl2FN. The molecule has 0 bridgehead atoms. The lowest BCUT2D eigenvalue weighted by Gasteiger charge is -2.18. The number of benzene rings is 2. The van der Waals surface area contributed by atoms with Gasteiger partial charge in [0.25, 0.3) is 0 Å². The molecular weight excluding hydrogens is 364 g/mol. The number of halogens is 4. The van der Waals surface area contributed by atoms with Crippen LogP contribution in [0.3, 0.4) is 0 Å². The van der Waals surface area contributed by atoms with Gasteiger partial charge in [-0.05, 0) is 48.9 Å². The SMILES string of the molecule is CNC(Cc1ccc(Br)cc1Cl)c1ccc(Cl)c(F)c1. The molecule has 0 amide bonds. The summed E-state index contributed by atoms with van der Waals surface area (Å²) in [5.74, 6) is -0.411. The molecule has 0 aromatic heterocycles. The van der Waals surface area contributed by atoms with Crippen LogP contribution in [-0.4, -0.2) is 7.05 Å². The minimum Gasteiger partial charge on any atom is -0.313 e. The normalized spacial score (nSPS) is 12.4. The van der Waals surface area contributed by atoms with Gasteiger partial charge in [0.2, 0.25) is 0 Å². The third-order valence-corrected chi connectivity index (χ3v) is 4.29. The fraction of sp³-hybridized carbons (Fsp3) is 0.200. The maximum atomic E-state index is 13.6. The van der Waals surface area contributed by atoms with Crippen LogP contribution in [0.2, 0.25) is 10.0 Å². The minimum absolute atomic E-state index is 0.0274. The molecule has 0 saturated heterocycles. The van der Waals surface area contributed by atoms with Gasteiger partial charge in [-0.1, -0.05) is 51.3 Å². The van der Waals surface area contributed by atoms with Crippen LogP contribution < -0.4 is 5.32 Å². The molecule has 5 heteroatoms. The van der Waals surface area contributed by atoms with E-state index in [0.717, 1.165) is 15.6 Å². The van der Waals surface area contributed by atoms with Gasteiger partial charge in [0.1, 0.15) is 5.82 Å². The average Bonchev–Trinajstić information content (AvgIpc) is 2.41. The van der Waals surface area contributed by atoms with Crippen LogP contribution in [-0.2, 0) is 6.42 Å². The highest BCUT2D eigenvalue weighted by molar-refractivity contribution is 9.10. The Labute approximate surface area is 136 Å². The van der Waals surface area contributed by atoms with Gasteiger partial charge in [-0.15, -0.1) is 0 Å². The Kier molecular flexibility index (Phi) is 5.44. The molecule has 1 N–H and O–H groups in total. The second-order valence-corrected chi connectivity index (χ2v) is 6.18. The van der Waals surface area contributed by atoms with Crippen LogP contribution in [0.4, 0.5) is 4.39 Å². The highest BCUT2D eigenvalue weighted by atomic mass is 79.9. The summed E-state index contributed by atoms with van der Waals surface area (Å²) in [5, 5.41) is 3.99. The van der Waals surface area contributed by atoms with Crippen molar-refractivity contribution in [2.45, 2.75) is 12.5 Å². The van der Waals surface area contributed by atoms with Crippen LogP contribution >= 0.6 is 39.1 Å². The van der Waals surface area contributed by atoms with Crippen LogP contribution in [0, 0.1) is 5.82 Å². The first kappa shape index (κ1) is 15.8. The monoisotopic (exact) mass is 375 g/mol. The Hall–Kier alpha value is -0.610. The predicted octanol–water partition coefficient (Wildman–Crippen LogP) is 5.40. The Morgan fingerprint density at radius 1 is 1.15 bits per heavy atom. The number of hydrogen-bond acceptors (Lipinski definition) is 1. The molecule has 1 unspecified atom stereocenters. The zero-order valence-electron chi connectivity index (χ0n) is 10.8. The molecule has 1 nitrogen and oxygen atoms in total. The Morgan fingerprint density at radius 2 is 1.90 bits per heavy atom. The molecule has 0 spiro atoms. The molecule has 106 valence electrons. The van der Waals surface area contributed by atoms with E-state index in [1.54, 1.807) is 6.07 Å². The standard InChI is InChI=1S/C15H13BrCl2FN/c1-20-15(10-3-5-12(17)14(19)6-10)7-9-2-4-11(16)8-13(9)18/h2-6,8,15,20H,7H2,1H3. The molecule has 20 heavy (non-hydrogen) atoms. The highest BCUT2D eigenvalue weighted by Crippen LogP contribution is 2.27. The predicted molar refractivity (Wildman–Crippen MR) is 86.1 cm³/mol. The summed E-state index contributed by atoms with van der Waals surface area (Å²) in [4.78, 5) is 0. The molecule has 1 atom stereocenters. The lowest BCUT2D eigenvalue weighted by molar-refractivity contribution is 0.577. The summed E-state index contributed by atoms with van der Waals surface area (Å²) >= 11 is 15.3. The van der Waals surface area contributed by atoms with E-state index in [2.05, 4.69) is 21.2 Å². The van der Waals surface area contributed by atoms with Crippen LogP contribution in [0.15, 0.2) is 40.9 Å². The van der Waals surface area contributed by atoms with E-state index in [-0.39, 0.29) is 11.1 Å². The first-order valence-corrected chi connectivity index (χ1v) is 7.62. The number of rotatable bonds is 4. The van der Waals surface area contributed by atoms with Gasteiger partial charge in [-0.2, -0.15) is 0 Å². The minimum atomic E-state index is -0.411. The molecule has 0 aliphatic carbocycles. The summed E-state index contributed by atoms with van der Waals surface area (Å²) in [5.41, 5.74) is 1.85. The number of likely N-dealkylation sites (N-methyl/N-ethyl adjacent to an activating group) is 1. The van der Waals surface area contributed by atoms with Gasteiger partial charge in [0.05, 0.1) is 5.02 Å². The van der Waals surface area contributed by atoms with Crippen molar-refractivity contribution < 1.29 is 4.39 Å². The van der Waals surface area contributed by atoms with Crippen LogP contribution in [0.1, 0.15) is 17.2 Å². The second-order valence-electron chi connectivity index (χ2n) is 4.45. The lowest BCUT2D eigenvalue weighted by Crippen LogP contribution is -2.19. The van der Waals surface area contributed by atoms with E-state index in [0.29, 0.717) is 11.4 Å². The molecule has 2 aromatic rings. The van der Waals surface area contributed by atoms with E-state index in [1.807, 2.05) is 31.3 Å². The molecule has 0 aliphatic rings. The van der Waals surface area contributed by atoms with E-state index in [4.69, 9.17) is 23.2 Å². The number of nitrogens with one attached hydrogen (secondary N) is 1. The molecule has 2 aromatic carbocycles. The summed E-state index contributed by atoms with van der Waals surface area (Å²) in [6.45, 7) is 0. The quantitative estimate of drug-likeness (QED) is 0.753. The summed E-state index contributed by atoms with van der Waals surface area (Å²) in [6, 6.07) is 10.6. The highest BCUT2D eigenvalue weighted by Gasteiger charge is 2.14. The van der Waals surface area contributed by atoms with Crippen molar-refractivity contribution in [1.29, 1.82) is 0 Å². The number of hydrogen-bond donors (Lipinski definition) is 1. The maximum absolute atomic E-state index is 13.6. The fourth-order valence-electron chi connectivity index (χ4n) is 2.02. The van der Waals surface area contributed by atoms with Crippen LogP contribution in [0.25, 0.3) is 0 Å². The van der Waals surface area contributed by atoms with E-state index in [1.165, 1.54) is 6.07 Å². The first-order chi connectivity index (χ1) is 9.51. The smallest absolute Gasteiger partial charge is 0.142 e. The largest absolute Gasteiger partial charge is 0.313 e. The van der Waals surface area contributed by atoms with Crippen molar-refractivity contribution in [3.05, 3.63) is 67.9 Å². The Morgan fingerprint density at radius 3 is 2.50 bits per heavy atom. The molecule has 0 aliphatic heterocycles. The molecule has 0 radical (unpaired) electrons. The van der Waals surface area contributed by atoms with Crippen molar-refractivity contribution in [3.63, 3.8) is 0 Å². The molecule has 0 saturated carbocycles. The van der Waals surface area contributed by atoms with Gasteiger partial charge in [0.15, 0.2) is 0 Å². The van der Waals surface area contributed by atoms with Gasteiger partial charge >= 0.3 is 0 Å². The van der Waals surface area contributed by atoms with Gasteiger partial charge < -0.3 is 5.32 Å². The lowest BCUT2D eigenvalue weighted by atomic mass is 9.99. The van der Waals surface area contributed by atoms with Crippen molar-refractivity contribution in [3.8, 4) is 0 Å². The van der Waals surface area contributed by atoms with Crippen LogP contribution in [0.5, 0.6) is 0 Å². The molecule has 2 rings (SSSR count). The van der Waals surface area contributed by atoms with Gasteiger partial charge in [0, 0.05) is 15.5 Å². The Balaban J connectivity index is 2.26. The topological polar surface area (TPSA) is 12.0 Å². The van der Waals surface area contributed by atoms with Crippen molar-refractivity contribution >= 4 is 39.1 Å². The summed E-state index contributed by atoms with van der Waals surface area (Å²) < 4.78 is 14.5. The fourth-order valence-corrected chi connectivity index (χ4v) is 2.89. The third-order valence-electron chi connectivity index (χ3n) is 3.13. The van der Waals surface area contributed by atoms with E-state index in [9.17, 15) is 4.39 Å². The van der Waals surface area contributed by atoms with E-state index >= 15 is 0 Å². The van der Waals surface area contributed by atoms with Gasteiger partial charge in [-0.25, -0.2) is 4.39 Å². The second kappa shape index (κ2) is 6.90. The summed E-state index contributed by atoms with van der Waals surface area (Å²) in [6.07, 6.45) is 0.670. The zero-order valence-corrected chi connectivity index (χ0v) is 13.9. The average molecular weight is 377 g/mol.